The van der Waals surface area contributed by atoms with Crippen molar-refractivity contribution in [3.8, 4) is 0 Å². The lowest BCUT2D eigenvalue weighted by molar-refractivity contribution is -0.0101. The lowest BCUT2D eigenvalue weighted by Gasteiger charge is -2.27. The fraction of sp³-hybridized carbons (Fsp3) is 1.00. The Hall–Kier alpha value is 0.460. The first-order valence-corrected chi connectivity index (χ1v) is 23.8. The number of rotatable bonds is 43. The van der Waals surface area contributed by atoms with Crippen molar-refractivity contribution in [1.82, 2.24) is 9.80 Å². The minimum Gasteiger partial charge on any atom is -0.389 e. The van der Waals surface area contributed by atoms with Gasteiger partial charge in [0.05, 0.1) is 25.4 Å². The quantitative estimate of drug-likeness (QED) is 0.0598. The van der Waals surface area contributed by atoms with Gasteiger partial charge in [-0.25, -0.2) is 0 Å². The summed E-state index contributed by atoms with van der Waals surface area (Å²) in [5.74, 6) is 4.78. The molecule has 0 bridgehead atoms. The lowest BCUT2D eigenvalue weighted by atomic mass is 10.1. The molecule has 0 heterocycles. The molecule has 0 aromatic carbocycles. The average Bonchev–Trinajstić information content (AvgIpc) is 3.09. The minimum atomic E-state index is -0.538. The van der Waals surface area contributed by atoms with E-state index in [1.54, 1.807) is 0 Å². The van der Waals surface area contributed by atoms with Crippen molar-refractivity contribution in [2.75, 3.05) is 89.7 Å². The first-order valence-electron chi connectivity index (χ1n) is 21.5. The van der Waals surface area contributed by atoms with Gasteiger partial charge in [-0.3, -0.25) is 4.90 Å². The summed E-state index contributed by atoms with van der Waals surface area (Å²) in [4.78, 5) is 4.41. The normalized spacial score (nSPS) is 13.2. The van der Waals surface area contributed by atoms with Crippen LogP contribution in [0.3, 0.4) is 0 Å². The number of hydrogen-bond acceptors (Lipinski definition) is 8. The van der Waals surface area contributed by atoms with Crippen LogP contribution in [-0.4, -0.2) is 122 Å². The molecular formula is C42H88N2O4S2. The third-order valence-electron chi connectivity index (χ3n) is 9.33. The van der Waals surface area contributed by atoms with Crippen molar-refractivity contribution in [2.24, 2.45) is 0 Å². The summed E-state index contributed by atoms with van der Waals surface area (Å²) in [5.41, 5.74) is 0. The van der Waals surface area contributed by atoms with E-state index in [0.717, 1.165) is 50.3 Å². The predicted octanol–water partition coefficient (Wildman–Crippen LogP) is 10.5. The third-order valence-corrected chi connectivity index (χ3v) is 11.6. The molecule has 0 spiro atoms. The van der Waals surface area contributed by atoms with Gasteiger partial charge in [0.1, 0.15) is 0 Å². The third kappa shape index (κ3) is 41.2. The van der Waals surface area contributed by atoms with Crippen molar-refractivity contribution in [3.05, 3.63) is 0 Å². The van der Waals surface area contributed by atoms with E-state index < -0.39 is 12.2 Å². The molecule has 6 nitrogen and oxygen atoms in total. The molecule has 0 fully saturated rings. The minimum absolute atomic E-state index is 0.362. The lowest BCUT2D eigenvalue weighted by Crippen LogP contribution is -2.41. The molecule has 0 amide bonds. The van der Waals surface area contributed by atoms with Gasteiger partial charge in [0.25, 0.3) is 0 Å². The Labute approximate surface area is 321 Å². The Balaban J connectivity index is 3.89. The Morgan fingerprint density at radius 2 is 0.780 bits per heavy atom. The second-order valence-corrected chi connectivity index (χ2v) is 17.5. The van der Waals surface area contributed by atoms with Gasteiger partial charge in [0, 0.05) is 26.3 Å². The molecule has 2 atom stereocenters. The van der Waals surface area contributed by atoms with Crippen LogP contribution in [-0.2, 0) is 9.47 Å². The highest BCUT2D eigenvalue weighted by atomic mass is 32.2. The second kappa shape index (κ2) is 42.2. The van der Waals surface area contributed by atoms with Crippen LogP contribution >= 0.6 is 23.5 Å². The van der Waals surface area contributed by atoms with E-state index in [2.05, 4.69) is 37.7 Å². The molecule has 0 rings (SSSR count). The van der Waals surface area contributed by atoms with E-state index in [9.17, 15) is 10.2 Å². The number of ether oxygens (including phenoxy) is 2. The maximum absolute atomic E-state index is 10.7. The van der Waals surface area contributed by atoms with Gasteiger partial charge in [-0.15, -0.1) is 0 Å². The van der Waals surface area contributed by atoms with Gasteiger partial charge in [0.15, 0.2) is 0 Å². The molecule has 0 aliphatic heterocycles. The molecule has 302 valence electrons. The smallest absolute Gasteiger partial charge is 0.0900 e. The van der Waals surface area contributed by atoms with Crippen LogP contribution in [0.25, 0.3) is 0 Å². The fourth-order valence-corrected chi connectivity index (χ4v) is 8.14. The molecule has 0 aromatic heterocycles. The molecule has 0 aliphatic rings. The number of aliphatic hydroxyl groups is 2. The standard InChI is InChI=1S/C42H88N2O4S2/c1-5-7-9-11-13-15-17-19-21-25-33-49-35-27-31-47-39-41(45)37-44(30-24-23-29-43(3)4)38-42(46)40-48-32-28-36-50-34-26-22-20-18-16-14-12-10-8-6-2/h41-42,45-46H,5-40H2,1-4H3. The number of nitrogens with zero attached hydrogens (tertiary/aromatic N) is 2. The summed E-state index contributed by atoms with van der Waals surface area (Å²) < 4.78 is 11.7. The molecule has 0 radical (unpaired) electrons. The van der Waals surface area contributed by atoms with E-state index in [0.29, 0.717) is 39.5 Å². The molecular weight excluding hydrogens is 661 g/mol. The number of aliphatic hydroxyl groups excluding tert-OH is 2. The number of thioether (sulfide) groups is 2. The summed E-state index contributed by atoms with van der Waals surface area (Å²) >= 11 is 4.09. The van der Waals surface area contributed by atoms with Gasteiger partial charge < -0.3 is 24.6 Å². The zero-order chi connectivity index (χ0) is 36.6. The molecule has 0 aliphatic carbocycles. The molecule has 2 unspecified atom stereocenters. The monoisotopic (exact) mass is 749 g/mol. The Bertz CT molecular complexity index is 591. The van der Waals surface area contributed by atoms with Crippen LogP contribution in [0.4, 0.5) is 0 Å². The van der Waals surface area contributed by atoms with E-state index in [1.165, 1.54) is 140 Å². The van der Waals surface area contributed by atoms with Crippen LogP contribution in [0.2, 0.25) is 0 Å². The number of hydrogen-bond donors (Lipinski definition) is 2. The van der Waals surface area contributed by atoms with Gasteiger partial charge in [0.2, 0.25) is 0 Å². The fourth-order valence-electron chi connectivity index (χ4n) is 6.27. The molecule has 50 heavy (non-hydrogen) atoms. The zero-order valence-electron chi connectivity index (χ0n) is 34.0. The van der Waals surface area contributed by atoms with Gasteiger partial charge >= 0.3 is 0 Å². The maximum Gasteiger partial charge on any atom is 0.0900 e. The topological polar surface area (TPSA) is 65.4 Å². The van der Waals surface area contributed by atoms with E-state index in [-0.39, 0.29) is 0 Å². The summed E-state index contributed by atoms with van der Waals surface area (Å²) in [5, 5.41) is 21.4. The van der Waals surface area contributed by atoms with Crippen LogP contribution < -0.4 is 0 Å². The maximum atomic E-state index is 10.7. The first-order chi connectivity index (χ1) is 24.5. The van der Waals surface area contributed by atoms with Gasteiger partial charge in [-0.05, 0) is 88.7 Å². The van der Waals surface area contributed by atoms with E-state index in [4.69, 9.17) is 9.47 Å². The summed E-state index contributed by atoms with van der Waals surface area (Å²) in [6, 6.07) is 0. The predicted molar refractivity (Wildman–Crippen MR) is 225 cm³/mol. The molecule has 0 aromatic rings. The molecule has 8 heteroatoms. The summed E-state index contributed by atoms with van der Waals surface area (Å²) in [6.07, 6.45) is 31.0. The zero-order valence-corrected chi connectivity index (χ0v) is 35.7. The largest absolute Gasteiger partial charge is 0.389 e. The van der Waals surface area contributed by atoms with Crippen molar-refractivity contribution in [3.63, 3.8) is 0 Å². The molecule has 0 saturated carbocycles. The first kappa shape index (κ1) is 50.5. The van der Waals surface area contributed by atoms with Crippen LogP contribution in [0.15, 0.2) is 0 Å². The van der Waals surface area contributed by atoms with Crippen molar-refractivity contribution in [1.29, 1.82) is 0 Å². The van der Waals surface area contributed by atoms with Crippen LogP contribution in [0.1, 0.15) is 168 Å². The Morgan fingerprint density at radius 3 is 1.16 bits per heavy atom. The molecule has 0 saturated heterocycles. The highest BCUT2D eigenvalue weighted by Crippen LogP contribution is 2.14. The molecule has 2 N–H and O–H groups in total. The van der Waals surface area contributed by atoms with Gasteiger partial charge in [-0.2, -0.15) is 23.5 Å². The summed E-state index contributed by atoms with van der Waals surface area (Å²) in [6.45, 7) is 9.69. The number of unbranched alkanes of at least 4 members (excludes halogenated alkanes) is 19. The van der Waals surface area contributed by atoms with Crippen molar-refractivity contribution in [2.45, 2.75) is 180 Å². The van der Waals surface area contributed by atoms with Crippen LogP contribution in [0.5, 0.6) is 0 Å². The highest BCUT2D eigenvalue weighted by molar-refractivity contribution is 7.99. The van der Waals surface area contributed by atoms with Gasteiger partial charge in [-0.1, -0.05) is 129 Å². The SMILES string of the molecule is CCCCCCCCCCCCSCCCOCC(O)CN(CCCCN(C)C)CC(O)COCCCSCCCCCCCCCCCC. The van der Waals surface area contributed by atoms with Crippen molar-refractivity contribution < 1.29 is 19.7 Å². The van der Waals surface area contributed by atoms with E-state index in [1.807, 2.05) is 23.5 Å². The Morgan fingerprint density at radius 1 is 0.440 bits per heavy atom. The summed E-state index contributed by atoms with van der Waals surface area (Å²) in [7, 11) is 4.21. The van der Waals surface area contributed by atoms with Crippen LogP contribution in [0, 0.1) is 0 Å². The highest BCUT2D eigenvalue weighted by Gasteiger charge is 2.16. The van der Waals surface area contributed by atoms with E-state index >= 15 is 0 Å². The second-order valence-electron chi connectivity index (χ2n) is 15.0. The van der Waals surface area contributed by atoms with Crippen molar-refractivity contribution >= 4 is 23.5 Å². The average molecular weight is 749 g/mol. The Kier molecular flexibility index (Phi) is 42.6.